The monoisotopic (exact) mass is 868 g/mol. The van der Waals surface area contributed by atoms with E-state index in [-0.39, 0.29) is 51.5 Å². The minimum atomic E-state index is -4.56. The van der Waals surface area contributed by atoms with E-state index in [1.165, 1.54) is 51.5 Å². The minimum Gasteiger partial charge on any atom is -0.506 e. The molecule has 0 saturated heterocycles. The first-order chi connectivity index (χ1) is 26.8. The SMILES string of the molecule is CCCCn1c(=O)c2cc(O)cnc2n(C)c1=O.CCCCn1c(=O)c2cc(Oc3cncc(C(F)(F)F)c3)cnc2n(C)c1=O.FC(F)(F)c1cncc(Br)c1. The lowest BCUT2D eigenvalue weighted by atomic mass is 10.2. The molecular weight excluding hydrogens is 834 g/mol. The van der Waals surface area contributed by atoms with Gasteiger partial charge in [0, 0.05) is 50.2 Å². The fourth-order valence-electron chi connectivity index (χ4n) is 5.16. The van der Waals surface area contributed by atoms with Crippen molar-refractivity contribution in [3.05, 3.63) is 119 Å². The smallest absolute Gasteiger partial charge is 0.418 e. The quantitative estimate of drug-likeness (QED) is 0.165. The van der Waals surface area contributed by atoms with Gasteiger partial charge in [-0.1, -0.05) is 26.7 Å². The molecule has 6 aromatic heterocycles. The van der Waals surface area contributed by atoms with Gasteiger partial charge >= 0.3 is 23.7 Å². The highest BCUT2D eigenvalue weighted by atomic mass is 79.9. The van der Waals surface area contributed by atoms with Crippen LogP contribution in [0.4, 0.5) is 26.3 Å². The molecule has 0 unspecified atom stereocenters. The molecule has 0 saturated carbocycles. The molecule has 0 aromatic carbocycles. The second-order valence-corrected chi connectivity index (χ2v) is 13.2. The lowest BCUT2D eigenvalue weighted by Crippen LogP contribution is -2.39. The summed E-state index contributed by atoms with van der Waals surface area (Å²) in [6.45, 7) is 4.57. The summed E-state index contributed by atoms with van der Waals surface area (Å²) in [6.07, 6.45) is 0.593. The van der Waals surface area contributed by atoms with E-state index in [9.17, 15) is 50.6 Å². The summed E-state index contributed by atoms with van der Waals surface area (Å²) in [7, 11) is 3.06. The molecule has 21 heteroatoms. The van der Waals surface area contributed by atoms with E-state index >= 15 is 0 Å². The number of alkyl halides is 6. The number of fused-ring (bicyclic) bond motifs is 2. The molecule has 0 atom stereocenters. The van der Waals surface area contributed by atoms with Crippen molar-refractivity contribution in [3.8, 4) is 17.2 Å². The summed E-state index contributed by atoms with van der Waals surface area (Å²) in [5.74, 6) is -0.168. The molecule has 0 radical (unpaired) electrons. The zero-order valence-electron chi connectivity index (χ0n) is 30.7. The third-order valence-electron chi connectivity index (χ3n) is 8.09. The van der Waals surface area contributed by atoms with Crippen LogP contribution in [0.2, 0.25) is 0 Å². The fraction of sp³-hybridized carbons (Fsp3) is 0.333. The number of unbranched alkanes of at least 4 members (excludes halogenated alkanes) is 2. The minimum absolute atomic E-state index is 0.0615. The van der Waals surface area contributed by atoms with Crippen LogP contribution in [0.1, 0.15) is 50.7 Å². The molecule has 304 valence electrons. The molecule has 0 aliphatic carbocycles. The van der Waals surface area contributed by atoms with Gasteiger partial charge in [0.1, 0.15) is 28.5 Å². The van der Waals surface area contributed by atoms with Crippen LogP contribution < -0.4 is 27.2 Å². The number of nitrogens with zero attached hydrogens (tertiary/aromatic N) is 8. The predicted octanol–water partition coefficient (Wildman–Crippen LogP) is 6.57. The normalized spacial score (nSPS) is 11.5. The van der Waals surface area contributed by atoms with E-state index in [0.717, 1.165) is 48.4 Å². The van der Waals surface area contributed by atoms with E-state index < -0.39 is 40.3 Å². The van der Waals surface area contributed by atoms with Crippen molar-refractivity contribution >= 4 is 38.0 Å². The van der Waals surface area contributed by atoms with Gasteiger partial charge in [0.15, 0.2) is 0 Å². The molecular formula is C36H35BrF6N8O6. The van der Waals surface area contributed by atoms with E-state index in [0.29, 0.717) is 23.6 Å². The Labute approximate surface area is 326 Å². The average Bonchev–Trinajstić information content (AvgIpc) is 3.16. The largest absolute Gasteiger partial charge is 0.506 e. The average molecular weight is 870 g/mol. The van der Waals surface area contributed by atoms with Gasteiger partial charge in [-0.2, -0.15) is 26.3 Å². The predicted molar refractivity (Wildman–Crippen MR) is 200 cm³/mol. The standard InChI is InChI=1S/C18H17F3N4O3.C12H15N3O3.C6H3BrF3N/c1-3-4-5-25-16(26)14-7-13(10-23-15(14)24(2)17(25)27)28-12-6-11(8-22-9-12)18(19,20)21;1-3-4-5-15-11(17)9-6-8(16)7-13-10(9)14(2)12(15)18;7-5-1-4(2-11-3-5)6(8,9)10/h6-10H,3-5H2,1-2H3;6-7,16H,3-5H2,1-2H3;1-3H. The summed E-state index contributed by atoms with van der Waals surface area (Å²) >= 11 is 2.89. The van der Waals surface area contributed by atoms with Crippen LogP contribution >= 0.6 is 15.9 Å². The Bertz CT molecular complexity index is 2620. The van der Waals surface area contributed by atoms with Crippen LogP contribution in [0, 0.1) is 0 Å². The Hall–Kier alpha value is -5.86. The van der Waals surface area contributed by atoms with Crippen molar-refractivity contribution in [1.29, 1.82) is 0 Å². The highest BCUT2D eigenvalue weighted by Crippen LogP contribution is 2.32. The number of aromatic hydroxyl groups is 1. The second kappa shape index (κ2) is 18.4. The Balaban J connectivity index is 0.000000211. The first-order valence-corrected chi connectivity index (χ1v) is 17.8. The number of ether oxygens (including phenoxy) is 1. The van der Waals surface area contributed by atoms with Gasteiger partial charge < -0.3 is 9.84 Å². The Morgan fingerprint density at radius 3 is 1.58 bits per heavy atom. The van der Waals surface area contributed by atoms with Crippen molar-refractivity contribution in [2.24, 2.45) is 14.1 Å². The van der Waals surface area contributed by atoms with Crippen LogP contribution in [0.3, 0.4) is 0 Å². The molecule has 0 aliphatic heterocycles. The van der Waals surface area contributed by atoms with Crippen molar-refractivity contribution in [3.63, 3.8) is 0 Å². The van der Waals surface area contributed by atoms with Gasteiger partial charge in [0.2, 0.25) is 0 Å². The molecule has 0 bridgehead atoms. The van der Waals surface area contributed by atoms with E-state index in [2.05, 4.69) is 35.9 Å². The molecule has 1 N–H and O–H groups in total. The number of pyridine rings is 4. The highest BCUT2D eigenvalue weighted by Gasteiger charge is 2.32. The second-order valence-electron chi connectivity index (χ2n) is 12.3. The zero-order valence-corrected chi connectivity index (χ0v) is 32.3. The topological polar surface area (TPSA) is 169 Å². The summed E-state index contributed by atoms with van der Waals surface area (Å²) in [5.41, 5.74) is -3.02. The number of aryl methyl sites for hydroxylation is 2. The Morgan fingerprint density at radius 1 is 0.649 bits per heavy atom. The van der Waals surface area contributed by atoms with Gasteiger partial charge in [-0.15, -0.1) is 0 Å². The van der Waals surface area contributed by atoms with Crippen LogP contribution in [-0.2, 0) is 39.5 Å². The number of aromatic nitrogens is 8. The van der Waals surface area contributed by atoms with Gasteiger partial charge in [-0.05, 0) is 53.0 Å². The molecule has 57 heavy (non-hydrogen) atoms. The van der Waals surface area contributed by atoms with Crippen molar-refractivity contribution in [2.45, 2.75) is 65.0 Å². The van der Waals surface area contributed by atoms with Gasteiger partial charge in [-0.25, -0.2) is 19.6 Å². The summed E-state index contributed by atoms with van der Waals surface area (Å²) in [6, 6.07) is 4.48. The molecule has 0 fully saturated rings. The summed E-state index contributed by atoms with van der Waals surface area (Å²) in [4.78, 5) is 64.1. The third kappa shape index (κ3) is 10.7. The Kier molecular flexibility index (Phi) is 14.2. The maximum absolute atomic E-state index is 12.8. The first-order valence-electron chi connectivity index (χ1n) is 17.0. The Morgan fingerprint density at radius 2 is 1.11 bits per heavy atom. The van der Waals surface area contributed by atoms with Crippen LogP contribution in [0.25, 0.3) is 22.1 Å². The van der Waals surface area contributed by atoms with Gasteiger partial charge in [0.05, 0.1) is 40.5 Å². The number of hydrogen-bond donors (Lipinski definition) is 1. The fourth-order valence-corrected chi connectivity index (χ4v) is 5.52. The highest BCUT2D eigenvalue weighted by molar-refractivity contribution is 9.10. The summed E-state index contributed by atoms with van der Waals surface area (Å²) in [5, 5.41) is 9.78. The van der Waals surface area contributed by atoms with E-state index in [4.69, 9.17) is 4.74 Å². The summed E-state index contributed by atoms with van der Waals surface area (Å²) < 4.78 is 84.8. The molecule has 0 spiro atoms. The van der Waals surface area contributed by atoms with Crippen molar-refractivity contribution in [2.75, 3.05) is 0 Å². The molecule has 0 amide bonds. The first kappa shape index (κ1) is 43.9. The van der Waals surface area contributed by atoms with E-state index in [1.54, 1.807) is 7.05 Å². The van der Waals surface area contributed by atoms with Crippen LogP contribution in [0.15, 0.2) is 85.1 Å². The molecule has 6 aromatic rings. The van der Waals surface area contributed by atoms with Gasteiger partial charge in [-0.3, -0.25) is 37.8 Å². The zero-order chi connectivity index (χ0) is 42.2. The molecule has 0 aliphatic rings. The van der Waals surface area contributed by atoms with Crippen LogP contribution in [-0.4, -0.2) is 43.3 Å². The molecule has 6 heterocycles. The molecule has 14 nitrogen and oxygen atoms in total. The van der Waals surface area contributed by atoms with Gasteiger partial charge in [0.25, 0.3) is 11.1 Å². The lowest BCUT2D eigenvalue weighted by Gasteiger charge is -2.12. The van der Waals surface area contributed by atoms with Crippen LogP contribution in [0.5, 0.6) is 17.2 Å². The van der Waals surface area contributed by atoms with Crippen molar-refractivity contribution in [1.82, 2.24) is 38.2 Å². The maximum Gasteiger partial charge on any atom is 0.418 e. The number of hydrogen-bond acceptors (Lipinski definition) is 10. The number of rotatable bonds is 8. The number of halogens is 7. The third-order valence-corrected chi connectivity index (χ3v) is 8.53. The molecule has 6 rings (SSSR count). The van der Waals surface area contributed by atoms with E-state index in [1.807, 2.05) is 13.8 Å². The maximum atomic E-state index is 12.8. The lowest BCUT2D eigenvalue weighted by molar-refractivity contribution is -0.138. The van der Waals surface area contributed by atoms with Crippen molar-refractivity contribution < 1.29 is 36.2 Å².